The lowest BCUT2D eigenvalue weighted by Crippen LogP contribution is -2.44. The van der Waals surface area contributed by atoms with Crippen LogP contribution in [0.15, 0.2) is 109 Å². The number of carbonyl (C=O) groups is 1. The van der Waals surface area contributed by atoms with Crippen LogP contribution in [0.4, 0.5) is 17.1 Å². The van der Waals surface area contributed by atoms with Crippen molar-refractivity contribution >= 4 is 22.8 Å². The lowest BCUT2D eigenvalue weighted by atomic mass is 9.56. The van der Waals surface area contributed by atoms with E-state index in [1.165, 1.54) is 28.1 Å². The molecule has 0 unspecified atom stereocenters. The topological polar surface area (TPSA) is 29.5 Å². The van der Waals surface area contributed by atoms with Gasteiger partial charge in [0.1, 0.15) is 5.75 Å². The number of hydrogen-bond donors (Lipinski definition) is 0. The summed E-state index contributed by atoms with van der Waals surface area (Å²) < 4.78 is 5.79. The number of anilines is 3. The average Bonchev–Trinajstić information content (AvgIpc) is 2.98. The van der Waals surface area contributed by atoms with Gasteiger partial charge in [-0.25, -0.2) is 0 Å². The zero-order valence-corrected chi connectivity index (χ0v) is 22.2. The molecule has 3 aliphatic rings. The Balaban J connectivity index is 1.62. The summed E-state index contributed by atoms with van der Waals surface area (Å²) in [5.74, 6) is 0.889. The van der Waals surface area contributed by atoms with Gasteiger partial charge < -0.3 is 9.64 Å². The highest BCUT2D eigenvalue weighted by atomic mass is 16.5. The van der Waals surface area contributed by atoms with Gasteiger partial charge in [0.15, 0.2) is 5.78 Å². The monoisotopic (exact) mass is 505 g/mol. The Labute approximate surface area is 228 Å². The highest BCUT2D eigenvalue weighted by molar-refractivity contribution is 6.15. The van der Waals surface area contributed by atoms with Gasteiger partial charge >= 0.3 is 0 Å². The molecular formula is C36H27NO2. The first-order valence-electron chi connectivity index (χ1n) is 13.5. The molecule has 188 valence electrons. The van der Waals surface area contributed by atoms with Gasteiger partial charge in [0.2, 0.25) is 0 Å². The van der Waals surface area contributed by atoms with Crippen LogP contribution in [0.5, 0.6) is 5.75 Å². The third-order valence-electron chi connectivity index (χ3n) is 9.16. The van der Waals surface area contributed by atoms with Crippen molar-refractivity contribution in [3.63, 3.8) is 0 Å². The second kappa shape index (κ2) is 7.48. The summed E-state index contributed by atoms with van der Waals surface area (Å²) in [6.45, 7) is 4.64. The first kappa shape index (κ1) is 22.4. The number of methoxy groups -OCH3 is 1. The summed E-state index contributed by atoms with van der Waals surface area (Å²) in [6.07, 6.45) is 0. The van der Waals surface area contributed by atoms with Crippen molar-refractivity contribution in [1.29, 1.82) is 0 Å². The summed E-state index contributed by atoms with van der Waals surface area (Å²) >= 11 is 0. The molecule has 2 aliphatic heterocycles. The quantitative estimate of drug-likeness (QED) is 0.226. The molecule has 8 rings (SSSR count). The number of ketones is 1. The number of ether oxygens (including phenoxy) is 1. The Kier molecular flexibility index (Phi) is 4.29. The van der Waals surface area contributed by atoms with E-state index in [1.54, 1.807) is 7.11 Å². The van der Waals surface area contributed by atoms with E-state index >= 15 is 0 Å². The van der Waals surface area contributed by atoms with Crippen LogP contribution in [0.3, 0.4) is 0 Å². The van der Waals surface area contributed by atoms with E-state index in [9.17, 15) is 4.79 Å². The molecule has 0 aromatic heterocycles. The fourth-order valence-electron chi connectivity index (χ4n) is 7.48. The number of para-hydroxylation sites is 2. The first-order chi connectivity index (χ1) is 19.0. The highest BCUT2D eigenvalue weighted by Gasteiger charge is 2.54. The second-order valence-corrected chi connectivity index (χ2v) is 11.2. The fourth-order valence-corrected chi connectivity index (χ4v) is 7.48. The van der Waals surface area contributed by atoms with Crippen molar-refractivity contribution in [2.45, 2.75) is 24.7 Å². The number of nitrogens with zero attached hydrogens (tertiary/aromatic N) is 1. The lowest BCUT2D eigenvalue weighted by molar-refractivity contribution is 0.103. The third kappa shape index (κ3) is 2.55. The van der Waals surface area contributed by atoms with Crippen molar-refractivity contribution < 1.29 is 9.53 Å². The molecule has 3 heteroatoms. The lowest BCUT2D eigenvalue weighted by Gasteiger charge is -2.53. The first-order valence-corrected chi connectivity index (χ1v) is 13.5. The van der Waals surface area contributed by atoms with Crippen LogP contribution in [0, 0.1) is 0 Å². The van der Waals surface area contributed by atoms with Crippen LogP contribution in [-0.4, -0.2) is 12.9 Å². The van der Waals surface area contributed by atoms with Crippen molar-refractivity contribution in [3.05, 3.63) is 154 Å². The van der Waals surface area contributed by atoms with E-state index in [1.807, 2.05) is 24.3 Å². The van der Waals surface area contributed by atoms with E-state index in [0.717, 1.165) is 39.3 Å². The molecule has 39 heavy (non-hydrogen) atoms. The third-order valence-corrected chi connectivity index (χ3v) is 9.16. The van der Waals surface area contributed by atoms with Crippen LogP contribution in [0.25, 0.3) is 0 Å². The van der Waals surface area contributed by atoms with Gasteiger partial charge in [-0.3, -0.25) is 4.79 Å². The summed E-state index contributed by atoms with van der Waals surface area (Å²) in [6, 6.07) is 38.2. The number of benzene rings is 5. The molecule has 5 aromatic carbocycles. The Bertz CT molecular complexity index is 1810. The molecule has 0 radical (unpaired) electrons. The fraction of sp³-hybridized carbons (Fsp3) is 0.139. The smallest absolute Gasteiger partial charge is 0.193 e. The predicted octanol–water partition coefficient (Wildman–Crippen LogP) is 8.04. The van der Waals surface area contributed by atoms with E-state index < -0.39 is 5.41 Å². The van der Waals surface area contributed by atoms with Crippen molar-refractivity contribution in [2.75, 3.05) is 12.0 Å². The summed E-state index contributed by atoms with van der Waals surface area (Å²) in [4.78, 5) is 16.3. The number of rotatable bonds is 1. The maximum absolute atomic E-state index is 13.9. The van der Waals surface area contributed by atoms with Crippen LogP contribution in [0.2, 0.25) is 0 Å². The minimum atomic E-state index is -0.660. The predicted molar refractivity (Wildman–Crippen MR) is 155 cm³/mol. The van der Waals surface area contributed by atoms with Crippen molar-refractivity contribution in [2.24, 2.45) is 0 Å². The van der Waals surface area contributed by atoms with Crippen molar-refractivity contribution in [1.82, 2.24) is 0 Å². The van der Waals surface area contributed by atoms with Gasteiger partial charge in [0.25, 0.3) is 0 Å². The highest BCUT2D eigenvalue weighted by Crippen LogP contribution is 2.64. The molecule has 0 saturated carbocycles. The van der Waals surface area contributed by atoms with Crippen LogP contribution in [-0.2, 0) is 10.8 Å². The number of carbonyl (C=O) groups excluding carboxylic acids is 1. The van der Waals surface area contributed by atoms with Gasteiger partial charge in [0.05, 0.1) is 29.6 Å². The largest absolute Gasteiger partial charge is 0.497 e. The van der Waals surface area contributed by atoms with Gasteiger partial charge in [0, 0.05) is 22.6 Å². The second-order valence-electron chi connectivity index (χ2n) is 11.2. The molecule has 3 nitrogen and oxygen atoms in total. The Morgan fingerprint density at radius 2 is 1.18 bits per heavy atom. The molecule has 5 aromatic rings. The zero-order chi connectivity index (χ0) is 26.5. The summed E-state index contributed by atoms with van der Waals surface area (Å²) in [7, 11) is 1.72. The molecule has 0 fully saturated rings. The van der Waals surface area contributed by atoms with E-state index in [4.69, 9.17) is 4.74 Å². The van der Waals surface area contributed by atoms with Crippen LogP contribution in [0.1, 0.15) is 63.1 Å². The average molecular weight is 506 g/mol. The minimum Gasteiger partial charge on any atom is -0.497 e. The SMILES string of the molecule is COc1ccc2c(c1)N1c3ccccc3C(C)(C)c3cccc(c31)C21c2ccccc2C(=O)c2ccccc21. The molecule has 0 atom stereocenters. The normalized spacial score (nSPS) is 16.5. The molecule has 1 aliphatic carbocycles. The maximum atomic E-state index is 13.9. The summed E-state index contributed by atoms with van der Waals surface area (Å²) in [5, 5.41) is 0. The Morgan fingerprint density at radius 3 is 1.87 bits per heavy atom. The molecule has 0 amide bonds. The Hall–Kier alpha value is -4.63. The van der Waals surface area contributed by atoms with Gasteiger partial charge in [-0.2, -0.15) is 0 Å². The molecular weight excluding hydrogens is 478 g/mol. The van der Waals surface area contributed by atoms with Gasteiger partial charge in [-0.15, -0.1) is 0 Å². The molecule has 0 saturated heterocycles. The molecule has 0 bridgehead atoms. The minimum absolute atomic E-state index is 0.0831. The van der Waals surface area contributed by atoms with Gasteiger partial charge in [-0.05, 0) is 45.5 Å². The standard InChI is InChI=1S/C36H27NO2/c1-35(2)27-15-8-9-18-31(27)37-32-21-22(39-3)19-20-28(32)36(30-17-10-16-29(35)33(30)37)25-13-6-4-11-23(25)34(38)24-12-5-7-14-26(24)36/h4-21H,1-3H3. The Morgan fingerprint density at radius 1 is 0.590 bits per heavy atom. The summed E-state index contributed by atoms with van der Waals surface area (Å²) in [5.41, 5.74) is 11.1. The van der Waals surface area contributed by atoms with E-state index in [0.29, 0.717) is 0 Å². The van der Waals surface area contributed by atoms with Crippen molar-refractivity contribution in [3.8, 4) is 5.75 Å². The molecule has 1 spiro atoms. The van der Waals surface area contributed by atoms with Gasteiger partial charge in [-0.1, -0.05) is 105 Å². The zero-order valence-electron chi connectivity index (χ0n) is 22.2. The number of fused-ring (bicyclic) bond motifs is 10. The van der Waals surface area contributed by atoms with Crippen LogP contribution < -0.4 is 9.64 Å². The number of hydrogen-bond acceptors (Lipinski definition) is 3. The van der Waals surface area contributed by atoms with E-state index in [2.05, 4.69) is 104 Å². The molecule has 0 N–H and O–H groups in total. The van der Waals surface area contributed by atoms with Crippen LogP contribution >= 0.6 is 0 Å². The maximum Gasteiger partial charge on any atom is 0.193 e. The molecule has 2 heterocycles. The van der Waals surface area contributed by atoms with E-state index in [-0.39, 0.29) is 11.2 Å².